The second-order valence-corrected chi connectivity index (χ2v) is 7.07. The van der Waals surface area contributed by atoms with Gasteiger partial charge in [-0.25, -0.2) is 9.97 Å². The summed E-state index contributed by atoms with van der Waals surface area (Å²) in [6.45, 7) is 3.94. The fourth-order valence-electron chi connectivity index (χ4n) is 3.54. The van der Waals surface area contributed by atoms with E-state index in [4.69, 9.17) is 9.72 Å². The molecule has 0 amide bonds. The number of hydrogen-bond donors (Lipinski definition) is 1. The van der Waals surface area contributed by atoms with Crippen LogP contribution in [0.3, 0.4) is 0 Å². The highest BCUT2D eigenvalue weighted by Gasteiger charge is 2.21. The number of nitrogens with one attached hydrogen (secondary N) is 1. The largest absolute Gasteiger partial charge is 0.497 e. The average molecular weight is 375 g/mol. The van der Waals surface area contributed by atoms with Crippen LogP contribution in [0, 0.1) is 6.92 Å². The minimum absolute atomic E-state index is 0.448. The van der Waals surface area contributed by atoms with Gasteiger partial charge in [0.25, 0.3) is 0 Å². The molecule has 1 aromatic carbocycles. The number of pyridine rings is 1. The van der Waals surface area contributed by atoms with Crippen LogP contribution in [0.5, 0.6) is 5.75 Å². The van der Waals surface area contributed by atoms with Crippen molar-refractivity contribution in [2.45, 2.75) is 25.8 Å². The van der Waals surface area contributed by atoms with Crippen LogP contribution in [0.15, 0.2) is 54.9 Å². The summed E-state index contributed by atoms with van der Waals surface area (Å²) in [6, 6.07) is 14.5. The highest BCUT2D eigenvalue weighted by Crippen LogP contribution is 2.25. The molecular formula is C22H25N5O. The average Bonchev–Trinajstić information content (AvgIpc) is 2.74. The fourth-order valence-corrected chi connectivity index (χ4v) is 3.54. The Balaban J connectivity index is 1.43. The Kier molecular flexibility index (Phi) is 5.37. The molecule has 1 saturated heterocycles. The van der Waals surface area contributed by atoms with E-state index in [1.807, 2.05) is 43.5 Å². The normalized spacial score (nSPS) is 14.7. The van der Waals surface area contributed by atoms with Gasteiger partial charge in [0, 0.05) is 60.6 Å². The Morgan fingerprint density at radius 1 is 1.07 bits per heavy atom. The van der Waals surface area contributed by atoms with Gasteiger partial charge in [-0.3, -0.25) is 4.98 Å². The second-order valence-electron chi connectivity index (χ2n) is 7.07. The van der Waals surface area contributed by atoms with Crippen molar-refractivity contribution in [3.05, 3.63) is 60.6 Å². The van der Waals surface area contributed by atoms with E-state index in [1.54, 1.807) is 13.3 Å². The van der Waals surface area contributed by atoms with Crippen molar-refractivity contribution in [1.82, 2.24) is 15.0 Å². The van der Waals surface area contributed by atoms with Crippen LogP contribution in [0.1, 0.15) is 18.5 Å². The maximum atomic E-state index is 5.31. The first-order valence-electron chi connectivity index (χ1n) is 9.63. The molecule has 0 radical (unpaired) electrons. The molecule has 28 heavy (non-hydrogen) atoms. The lowest BCUT2D eigenvalue weighted by atomic mass is 10.0. The summed E-state index contributed by atoms with van der Waals surface area (Å²) in [4.78, 5) is 15.9. The number of nitrogens with zero attached hydrogens (tertiary/aromatic N) is 4. The molecule has 6 heteroatoms. The van der Waals surface area contributed by atoms with Crippen molar-refractivity contribution in [3.8, 4) is 17.1 Å². The van der Waals surface area contributed by atoms with Gasteiger partial charge >= 0.3 is 0 Å². The Hall–Kier alpha value is -3.15. The van der Waals surface area contributed by atoms with Gasteiger partial charge in [0.2, 0.25) is 0 Å². The molecule has 4 rings (SSSR count). The third kappa shape index (κ3) is 4.22. The number of ether oxygens (including phenoxy) is 1. The number of rotatable bonds is 5. The smallest absolute Gasteiger partial charge is 0.163 e. The zero-order valence-corrected chi connectivity index (χ0v) is 16.3. The van der Waals surface area contributed by atoms with Gasteiger partial charge in [-0.1, -0.05) is 6.07 Å². The number of anilines is 2. The molecule has 0 unspecified atom stereocenters. The molecule has 3 aromatic rings. The quantitative estimate of drug-likeness (QED) is 0.729. The van der Waals surface area contributed by atoms with E-state index in [2.05, 4.69) is 32.3 Å². The molecule has 1 aliphatic rings. The molecule has 6 nitrogen and oxygen atoms in total. The summed E-state index contributed by atoms with van der Waals surface area (Å²) in [6.07, 6.45) is 5.69. The number of hydrogen-bond acceptors (Lipinski definition) is 6. The predicted molar refractivity (Wildman–Crippen MR) is 112 cm³/mol. The van der Waals surface area contributed by atoms with Gasteiger partial charge in [-0.15, -0.1) is 0 Å². The summed E-state index contributed by atoms with van der Waals surface area (Å²) >= 11 is 0. The van der Waals surface area contributed by atoms with Crippen molar-refractivity contribution in [1.29, 1.82) is 0 Å². The van der Waals surface area contributed by atoms with Gasteiger partial charge in [0.15, 0.2) is 5.82 Å². The van der Waals surface area contributed by atoms with Crippen LogP contribution in [0.2, 0.25) is 0 Å². The van der Waals surface area contributed by atoms with E-state index in [0.29, 0.717) is 6.04 Å². The van der Waals surface area contributed by atoms with Gasteiger partial charge in [0.1, 0.15) is 11.6 Å². The Morgan fingerprint density at radius 3 is 2.68 bits per heavy atom. The topological polar surface area (TPSA) is 63.2 Å². The highest BCUT2D eigenvalue weighted by molar-refractivity contribution is 5.57. The minimum atomic E-state index is 0.448. The first-order valence-corrected chi connectivity index (χ1v) is 9.63. The third-order valence-corrected chi connectivity index (χ3v) is 5.02. The zero-order chi connectivity index (χ0) is 19.3. The molecule has 3 heterocycles. The molecule has 1 N–H and O–H groups in total. The van der Waals surface area contributed by atoms with Crippen LogP contribution >= 0.6 is 0 Å². The molecule has 0 saturated carbocycles. The minimum Gasteiger partial charge on any atom is -0.497 e. The van der Waals surface area contributed by atoms with Crippen molar-refractivity contribution >= 4 is 11.5 Å². The summed E-state index contributed by atoms with van der Waals surface area (Å²) in [5.74, 6) is 2.60. The van der Waals surface area contributed by atoms with Crippen LogP contribution in [0.25, 0.3) is 11.4 Å². The van der Waals surface area contributed by atoms with Gasteiger partial charge < -0.3 is 15.0 Å². The fraction of sp³-hybridized carbons (Fsp3) is 0.318. The van der Waals surface area contributed by atoms with Crippen molar-refractivity contribution in [2.75, 3.05) is 30.4 Å². The van der Waals surface area contributed by atoms with Crippen molar-refractivity contribution < 1.29 is 4.74 Å². The van der Waals surface area contributed by atoms with Gasteiger partial charge in [-0.05, 0) is 44.0 Å². The summed E-state index contributed by atoms with van der Waals surface area (Å²) in [5.41, 5.74) is 3.03. The predicted octanol–water partition coefficient (Wildman–Crippen LogP) is 3.94. The van der Waals surface area contributed by atoms with Crippen LogP contribution in [-0.4, -0.2) is 41.2 Å². The molecule has 1 aliphatic heterocycles. The standard InChI is InChI=1S/C22H25N5O/c1-16-13-21(26-22(24-16)17-5-4-10-23-15-17)27-11-8-18(9-12-27)25-19-6-3-7-20(14-19)28-2/h3-7,10,13-15,18,25H,8-9,11-12H2,1-2H3. The summed E-state index contributed by atoms with van der Waals surface area (Å²) in [7, 11) is 1.70. The molecule has 0 aliphatic carbocycles. The van der Waals surface area contributed by atoms with Crippen molar-refractivity contribution in [3.63, 3.8) is 0 Å². The number of aryl methyl sites for hydroxylation is 1. The number of aromatic nitrogens is 3. The lowest BCUT2D eigenvalue weighted by Gasteiger charge is -2.34. The number of methoxy groups -OCH3 is 1. The molecule has 0 spiro atoms. The first kappa shape index (κ1) is 18.2. The highest BCUT2D eigenvalue weighted by atomic mass is 16.5. The third-order valence-electron chi connectivity index (χ3n) is 5.02. The number of benzene rings is 1. The zero-order valence-electron chi connectivity index (χ0n) is 16.3. The van der Waals surface area contributed by atoms with Crippen molar-refractivity contribution in [2.24, 2.45) is 0 Å². The van der Waals surface area contributed by atoms with E-state index in [0.717, 1.165) is 60.3 Å². The van der Waals surface area contributed by atoms with E-state index in [1.165, 1.54) is 0 Å². The van der Waals surface area contributed by atoms with Crippen LogP contribution < -0.4 is 15.0 Å². The molecule has 2 aromatic heterocycles. The van der Waals surface area contributed by atoms with Gasteiger partial charge in [-0.2, -0.15) is 0 Å². The van der Waals surface area contributed by atoms with Crippen LogP contribution in [0.4, 0.5) is 11.5 Å². The lowest BCUT2D eigenvalue weighted by molar-refractivity contribution is 0.415. The molecule has 0 atom stereocenters. The maximum Gasteiger partial charge on any atom is 0.163 e. The number of piperidine rings is 1. The lowest BCUT2D eigenvalue weighted by Crippen LogP contribution is -2.39. The van der Waals surface area contributed by atoms with E-state index >= 15 is 0 Å². The monoisotopic (exact) mass is 375 g/mol. The van der Waals surface area contributed by atoms with Crippen LogP contribution in [-0.2, 0) is 0 Å². The Bertz CT molecular complexity index is 923. The molecule has 0 bridgehead atoms. The Morgan fingerprint density at radius 2 is 1.93 bits per heavy atom. The molecule has 144 valence electrons. The summed E-state index contributed by atoms with van der Waals surface area (Å²) < 4.78 is 5.31. The Labute approximate surface area is 165 Å². The summed E-state index contributed by atoms with van der Waals surface area (Å²) in [5, 5.41) is 3.63. The SMILES string of the molecule is COc1cccc(NC2CCN(c3cc(C)nc(-c4cccnc4)n3)CC2)c1. The molecular weight excluding hydrogens is 350 g/mol. The maximum absolute atomic E-state index is 5.31. The van der Waals surface area contributed by atoms with E-state index in [9.17, 15) is 0 Å². The second kappa shape index (κ2) is 8.25. The first-order chi connectivity index (χ1) is 13.7. The van der Waals surface area contributed by atoms with E-state index < -0.39 is 0 Å². The van der Waals surface area contributed by atoms with Gasteiger partial charge in [0.05, 0.1) is 7.11 Å². The van der Waals surface area contributed by atoms with E-state index in [-0.39, 0.29) is 0 Å². The molecule has 1 fully saturated rings.